The lowest BCUT2D eigenvalue weighted by molar-refractivity contribution is -0.171. The Bertz CT molecular complexity index is 1030. The zero-order valence-corrected chi connectivity index (χ0v) is 21.0. The Morgan fingerprint density at radius 2 is 1.48 bits per heavy atom. The molecule has 2 rings (SSSR count). The summed E-state index contributed by atoms with van der Waals surface area (Å²) >= 11 is 0. The van der Waals surface area contributed by atoms with E-state index < -0.39 is 17.2 Å². The van der Waals surface area contributed by atoms with Crippen LogP contribution in [0.25, 0.3) is 6.08 Å². The summed E-state index contributed by atoms with van der Waals surface area (Å²) in [5, 5.41) is 0. The van der Waals surface area contributed by atoms with Crippen LogP contribution in [0.2, 0.25) is 0 Å². The Hall–Kier alpha value is -3.28. The maximum Gasteiger partial charge on any atom is 0.350 e. The summed E-state index contributed by atoms with van der Waals surface area (Å²) in [4.78, 5) is 25.4. The predicted molar refractivity (Wildman–Crippen MR) is 129 cm³/mol. The van der Waals surface area contributed by atoms with Gasteiger partial charge in [-0.05, 0) is 102 Å². The molecule has 0 bridgehead atoms. The van der Waals surface area contributed by atoms with Gasteiger partial charge in [0.15, 0.2) is 11.4 Å². The summed E-state index contributed by atoms with van der Waals surface area (Å²) in [6.07, 6.45) is 3.24. The fraction of sp³-hybridized carbons (Fsp3) is 0.407. The average Bonchev–Trinajstić information content (AvgIpc) is 2.72. The molecule has 0 saturated heterocycles. The molecule has 178 valence electrons. The van der Waals surface area contributed by atoms with E-state index in [0.717, 1.165) is 16.7 Å². The van der Waals surface area contributed by atoms with Crippen molar-refractivity contribution in [3.63, 3.8) is 0 Å². The fourth-order valence-electron chi connectivity index (χ4n) is 3.21. The van der Waals surface area contributed by atoms with E-state index in [1.807, 2.05) is 46.8 Å². The van der Waals surface area contributed by atoms with Crippen molar-refractivity contribution in [1.82, 2.24) is 0 Å². The van der Waals surface area contributed by atoms with Crippen LogP contribution in [0.5, 0.6) is 17.2 Å². The molecule has 6 heteroatoms. The molecule has 0 aliphatic rings. The third-order valence-corrected chi connectivity index (χ3v) is 4.83. The van der Waals surface area contributed by atoms with E-state index in [0.29, 0.717) is 22.8 Å². The molecule has 0 unspecified atom stereocenters. The minimum absolute atomic E-state index is 0.201. The van der Waals surface area contributed by atoms with E-state index in [-0.39, 0.29) is 5.78 Å². The maximum atomic E-state index is 12.8. The quantitative estimate of drug-likeness (QED) is 0.289. The Morgan fingerprint density at radius 3 is 2.00 bits per heavy atom. The highest BCUT2D eigenvalue weighted by atomic mass is 16.6. The number of hydrogen-bond acceptors (Lipinski definition) is 6. The van der Waals surface area contributed by atoms with Gasteiger partial charge in [0.1, 0.15) is 22.8 Å². The maximum absolute atomic E-state index is 12.8. The monoisotopic (exact) mass is 454 g/mol. The molecule has 2 aromatic carbocycles. The largest absolute Gasteiger partial charge is 0.497 e. The predicted octanol–water partition coefficient (Wildman–Crippen LogP) is 5.72. The van der Waals surface area contributed by atoms with Gasteiger partial charge in [-0.1, -0.05) is 6.08 Å². The zero-order valence-electron chi connectivity index (χ0n) is 21.0. The first-order valence-electron chi connectivity index (χ1n) is 10.8. The SMILES string of the molecule is COc1ccc(OC)c(C(=O)C=Cc2cc(C)c(OC(C)(C)C(=O)OC(C)(C)C)c(C)c2)c1. The Kier molecular flexibility index (Phi) is 7.96. The molecule has 0 radical (unpaired) electrons. The summed E-state index contributed by atoms with van der Waals surface area (Å²) in [5.74, 6) is 1.03. The van der Waals surface area contributed by atoms with Crippen molar-refractivity contribution in [1.29, 1.82) is 0 Å². The highest BCUT2D eigenvalue weighted by Crippen LogP contribution is 2.31. The van der Waals surface area contributed by atoms with Crippen LogP contribution < -0.4 is 14.2 Å². The second-order valence-corrected chi connectivity index (χ2v) is 9.36. The third-order valence-electron chi connectivity index (χ3n) is 4.83. The molecule has 0 aliphatic carbocycles. The van der Waals surface area contributed by atoms with Gasteiger partial charge < -0.3 is 18.9 Å². The third kappa shape index (κ3) is 6.85. The van der Waals surface area contributed by atoms with Crippen LogP contribution in [0.4, 0.5) is 0 Å². The number of hydrogen-bond donors (Lipinski definition) is 0. The summed E-state index contributed by atoms with van der Waals surface area (Å²) in [5.41, 5.74) is 1.19. The molecule has 0 aliphatic heterocycles. The molecule has 0 N–H and O–H groups in total. The normalized spacial score (nSPS) is 11.9. The topological polar surface area (TPSA) is 71.1 Å². The van der Waals surface area contributed by atoms with Gasteiger partial charge in [-0.25, -0.2) is 4.79 Å². The van der Waals surface area contributed by atoms with Crippen LogP contribution in [0.15, 0.2) is 36.4 Å². The van der Waals surface area contributed by atoms with Gasteiger partial charge in [0.2, 0.25) is 0 Å². The summed E-state index contributed by atoms with van der Waals surface area (Å²) < 4.78 is 22.1. The lowest BCUT2D eigenvalue weighted by atomic mass is 10.0. The van der Waals surface area contributed by atoms with E-state index in [2.05, 4.69) is 0 Å². The fourth-order valence-corrected chi connectivity index (χ4v) is 3.21. The van der Waals surface area contributed by atoms with E-state index in [1.54, 1.807) is 45.2 Å². The highest BCUT2D eigenvalue weighted by Gasteiger charge is 2.35. The number of ether oxygens (including phenoxy) is 4. The minimum atomic E-state index is -1.15. The molecule has 0 amide bonds. The van der Waals surface area contributed by atoms with E-state index in [1.165, 1.54) is 13.2 Å². The van der Waals surface area contributed by atoms with Crippen LogP contribution in [0.3, 0.4) is 0 Å². The number of carbonyl (C=O) groups excluding carboxylic acids is 2. The van der Waals surface area contributed by atoms with Crippen molar-refractivity contribution in [2.75, 3.05) is 14.2 Å². The molecule has 0 spiro atoms. The second kappa shape index (κ2) is 10.1. The molecule has 0 aromatic heterocycles. The van der Waals surface area contributed by atoms with Gasteiger partial charge in [-0.15, -0.1) is 0 Å². The van der Waals surface area contributed by atoms with Crippen molar-refractivity contribution < 1.29 is 28.5 Å². The lowest BCUT2D eigenvalue weighted by Gasteiger charge is -2.30. The van der Waals surface area contributed by atoms with Crippen LogP contribution in [-0.2, 0) is 9.53 Å². The lowest BCUT2D eigenvalue weighted by Crippen LogP contribution is -2.43. The number of esters is 1. The standard InChI is InChI=1S/C27H34O6/c1-17-14-19(10-12-22(28)21-16-20(30-8)11-13-23(21)31-9)15-18(2)24(17)32-27(6,7)25(29)33-26(3,4)5/h10-16H,1-9H3. The second-order valence-electron chi connectivity index (χ2n) is 9.36. The highest BCUT2D eigenvalue weighted by molar-refractivity contribution is 6.09. The first-order chi connectivity index (χ1) is 15.3. The number of rotatable bonds is 8. The van der Waals surface area contributed by atoms with Gasteiger partial charge >= 0.3 is 5.97 Å². The molecule has 2 aromatic rings. The van der Waals surface area contributed by atoms with Gasteiger partial charge in [0.05, 0.1) is 19.8 Å². The Morgan fingerprint density at radius 1 is 0.879 bits per heavy atom. The number of ketones is 1. The number of aryl methyl sites for hydroxylation is 2. The number of methoxy groups -OCH3 is 2. The molecule has 6 nitrogen and oxygen atoms in total. The van der Waals surface area contributed by atoms with Gasteiger partial charge in [0, 0.05) is 0 Å². The molecule has 0 saturated carbocycles. The van der Waals surface area contributed by atoms with E-state index in [9.17, 15) is 9.59 Å². The van der Waals surface area contributed by atoms with Gasteiger partial charge in [-0.2, -0.15) is 0 Å². The van der Waals surface area contributed by atoms with Crippen molar-refractivity contribution >= 4 is 17.8 Å². The van der Waals surface area contributed by atoms with Crippen LogP contribution in [-0.4, -0.2) is 37.2 Å². The van der Waals surface area contributed by atoms with E-state index >= 15 is 0 Å². The molecule has 0 atom stereocenters. The summed E-state index contributed by atoms with van der Waals surface area (Å²) in [6.45, 7) is 12.6. The first-order valence-corrected chi connectivity index (χ1v) is 10.8. The summed E-state index contributed by atoms with van der Waals surface area (Å²) in [6, 6.07) is 8.90. The average molecular weight is 455 g/mol. The Balaban J connectivity index is 2.26. The molecule has 33 heavy (non-hydrogen) atoms. The summed E-state index contributed by atoms with van der Waals surface area (Å²) in [7, 11) is 3.07. The minimum Gasteiger partial charge on any atom is -0.497 e. The molecule has 0 fully saturated rings. The van der Waals surface area contributed by atoms with E-state index in [4.69, 9.17) is 18.9 Å². The molecular formula is C27H34O6. The van der Waals surface area contributed by atoms with Crippen LogP contribution in [0.1, 0.15) is 61.7 Å². The van der Waals surface area contributed by atoms with Crippen molar-refractivity contribution in [2.24, 2.45) is 0 Å². The smallest absolute Gasteiger partial charge is 0.350 e. The van der Waals surface area contributed by atoms with Crippen LogP contribution in [0, 0.1) is 13.8 Å². The number of carbonyl (C=O) groups is 2. The van der Waals surface area contributed by atoms with Gasteiger partial charge in [-0.3, -0.25) is 4.79 Å². The van der Waals surface area contributed by atoms with Crippen molar-refractivity contribution in [3.05, 3.63) is 58.7 Å². The molecular weight excluding hydrogens is 420 g/mol. The number of benzene rings is 2. The van der Waals surface area contributed by atoms with Crippen LogP contribution >= 0.6 is 0 Å². The van der Waals surface area contributed by atoms with Crippen molar-refractivity contribution in [3.8, 4) is 17.2 Å². The first kappa shape index (κ1) is 26.0. The Labute approximate surface area is 196 Å². The zero-order chi connectivity index (χ0) is 25.0. The number of allylic oxidation sites excluding steroid dienone is 1. The molecule has 0 heterocycles. The van der Waals surface area contributed by atoms with Crippen molar-refractivity contribution in [2.45, 2.75) is 59.7 Å². The van der Waals surface area contributed by atoms with Gasteiger partial charge in [0.25, 0.3) is 0 Å².